The molecule has 1 aliphatic carbocycles. The van der Waals surface area contributed by atoms with Crippen LogP contribution in [0.3, 0.4) is 0 Å². The van der Waals surface area contributed by atoms with Gasteiger partial charge in [-0.2, -0.15) is 0 Å². The number of nitrogens with zero attached hydrogens (tertiary/aromatic N) is 2. The monoisotopic (exact) mass is 306 g/mol. The molecule has 1 aromatic rings. The van der Waals surface area contributed by atoms with E-state index in [1.165, 1.54) is 45.1 Å². The summed E-state index contributed by atoms with van der Waals surface area (Å²) in [7, 11) is 0. The molecule has 1 unspecified atom stereocenters. The number of urea groups is 1. The van der Waals surface area contributed by atoms with Gasteiger partial charge in [-0.05, 0) is 19.3 Å². The van der Waals surface area contributed by atoms with Crippen molar-refractivity contribution in [2.45, 2.75) is 64.1 Å². The van der Waals surface area contributed by atoms with Crippen LogP contribution in [-0.4, -0.2) is 41.1 Å². The predicted molar refractivity (Wildman–Crippen MR) is 83.5 cm³/mol. The molecule has 0 bridgehead atoms. The number of nitrogens with one attached hydrogen (secondary N) is 2. The summed E-state index contributed by atoms with van der Waals surface area (Å²) in [6.07, 6.45) is 9.60. The molecule has 2 aliphatic rings. The molecular weight excluding hydrogens is 280 g/mol. The molecule has 6 nitrogen and oxygen atoms in total. The molecule has 2 fully saturated rings. The van der Waals surface area contributed by atoms with Crippen molar-refractivity contribution >= 4 is 6.03 Å². The largest absolute Gasteiger partial charge is 0.444 e. The van der Waals surface area contributed by atoms with E-state index in [9.17, 15) is 4.79 Å². The van der Waals surface area contributed by atoms with E-state index in [1.807, 2.05) is 0 Å². The first kappa shape index (κ1) is 15.3. The molecule has 1 aromatic heterocycles. The minimum absolute atomic E-state index is 0.135. The maximum Gasteiger partial charge on any atom is 0.315 e. The lowest BCUT2D eigenvalue weighted by Crippen LogP contribution is -2.58. The Morgan fingerprint density at radius 2 is 2.14 bits per heavy atom. The van der Waals surface area contributed by atoms with Crippen LogP contribution in [-0.2, 0) is 6.54 Å². The number of amides is 2. The minimum Gasteiger partial charge on any atom is -0.444 e. The molecular formula is C16H26N4O2. The first-order chi connectivity index (χ1) is 10.7. The van der Waals surface area contributed by atoms with Gasteiger partial charge in [-0.25, -0.2) is 9.78 Å². The quantitative estimate of drug-likeness (QED) is 0.875. The fourth-order valence-electron chi connectivity index (χ4n) is 3.50. The van der Waals surface area contributed by atoms with Gasteiger partial charge in [0.05, 0.1) is 12.7 Å². The third-order valence-electron chi connectivity index (χ3n) is 4.82. The van der Waals surface area contributed by atoms with Crippen molar-refractivity contribution in [3.05, 3.63) is 17.8 Å². The second kappa shape index (κ2) is 7.13. The number of aromatic nitrogens is 1. The van der Waals surface area contributed by atoms with E-state index in [4.69, 9.17) is 4.42 Å². The normalized spacial score (nSPS) is 23.0. The minimum atomic E-state index is -0.135. The Bertz CT molecular complexity index is 496. The second-order valence-electron chi connectivity index (χ2n) is 6.38. The van der Waals surface area contributed by atoms with Gasteiger partial charge in [0.1, 0.15) is 5.76 Å². The SMILES string of the molecule is Cc1ncc(CNC(=O)NCC2CCN2C2CCCCC2)o1. The van der Waals surface area contributed by atoms with Gasteiger partial charge in [-0.15, -0.1) is 0 Å². The summed E-state index contributed by atoms with van der Waals surface area (Å²) < 4.78 is 5.33. The number of hydrogen-bond acceptors (Lipinski definition) is 4. The van der Waals surface area contributed by atoms with Crippen molar-refractivity contribution in [3.8, 4) is 0 Å². The zero-order chi connectivity index (χ0) is 15.4. The van der Waals surface area contributed by atoms with Gasteiger partial charge in [0.15, 0.2) is 5.89 Å². The molecule has 22 heavy (non-hydrogen) atoms. The maximum atomic E-state index is 11.8. The van der Waals surface area contributed by atoms with E-state index in [0.717, 1.165) is 12.6 Å². The van der Waals surface area contributed by atoms with E-state index >= 15 is 0 Å². The highest BCUT2D eigenvalue weighted by molar-refractivity contribution is 5.73. The Balaban J connectivity index is 1.36. The molecule has 1 saturated carbocycles. The van der Waals surface area contributed by atoms with Gasteiger partial charge >= 0.3 is 6.03 Å². The summed E-state index contributed by atoms with van der Waals surface area (Å²) in [5, 5.41) is 5.78. The van der Waals surface area contributed by atoms with E-state index in [2.05, 4.69) is 20.5 Å². The highest BCUT2D eigenvalue weighted by atomic mass is 16.4. The summed E-state index contributed by atoms with van der Waals surface area (Å²) in [6.45, 7) is 4.09. The summed E-state index contributed by atoms with van der Waals surface area (Å²) in [5.41, 5.74) is 0. The zero-order valence-corrected chi connectivity index (χ0v) is 13.3. The summed E-state index contributed by atoms with van der Waals surface area (Å²) in [4.78, 5) is 18.4. The second-order valence-corrected chi connectivity index (χ2v) is 6.38. The third kappa shape index (κ3) is 3.80. The predicted octanol–water partition coefficient (Wildman–Crippen LogP) is 2.19. The molecule has 1 atom stereocenters. The van der Waals surface area contributed by atoms with E-state index in [0.29, 0.717) is 24.2 Å². The Hall–Kier alpha value is -1.56. The van der Waals surface area contributed by atoms with Crippen LogP contribution in [0.15, 0.2) is 10.6 Å². The highest BCUT2D eigenvalue weighted by Crippen LogP contribution is 2.29. The Kier molecular flexibility index (Phi) is 4.97. The number of likely N-dealkylation sites (tertiary alicyclic amines) is 1. The fraction of sp³-hybridized carbons (Fsp3) is 0.750. The topological polar surface area (TPSA) is 70.4 Å². The summed E-state index contributed by atoms with van der Waals surface area (Å²) >= 11 is 0. The summed E-state index contributed by atoms with van der Waals surface area (Å²) in [5.74, 6) is 1.30. The van der Waals surface area contributed by atoms with Crippen LogP contribution < -0.4 is 10.6 Å². The lowest BCUT2D eigenvalue weighted by molar-refractivity contribution is 0.0256. The molecule has 2 N–H and O–H groups in total. The standard InChI is InChI=1S/C16H26N4O2/c1-12-17-10-15(22-12)11-19-16(21)18-9-14-7-8-20(14)13-5-3-2-4-6-13/h10,13-14H,2-9,11H2,1H3,(H2,18,19,21). The molecule has 0 radical (unpaired) electrons. The zero-order valence-electron chi connectivity index (χ0n) is 13.3. The molecule has 6 heteroatoms. The molecule has 3 rings (SSSR count). The Labute approximate surface area is 131 Å². The third-order valence-corrected chi connectivity index (χ3v) is 4.82. The van der Waals surface area contributed by atoms with Crippen LogP contribution in [0.4, 0.5) is 4.79 Å². The number of carbonyl (C=O) groups excluding carboxylic acids is 1. The van der Waals surface area contributed by atoms with Crippen LogP contribution in [0.2, 0.25) is 0 Å². The van der Waals surface area contributed by atoms with Crippen molar-refractivity contribution < 1.29 is 9.21 Å². The van der Waals surface area contributed by atoms with Crippen LogP contribution in [0.1, 0.15) is 50.2 Å². The lowest BCUT2D eigenvalue weighted by Gasteiger charge is -2.47. The van der Waals surface area contributed by atoms with Crippen molar-refractivity contribution in [1.82, 2.24) is 20.5 Å². The molecule has 2 heterocycles. The number of hydrogen-bond donors (Lipinski definition) is 2. The first-order valence-corrected chi connectivity index (χ1v) is 8.41. The van der Waals surface area contributed by atoms with Crippen LogP contribution in [0, 0.1) is 6.92 Å². The molecule has 122 valence electrons. The molecule has 1 saturated heterocycles. The average Bonchev–Trinajstić information content (AvgIpc) is 2.91. The van der Waals surface area contributed by atoms with Crippen LogP contribution in [0.5, 0.6) is 0 Å². The van der Waals surface area contributed by atoms with Gasteiger partial charge in [0.2, 0.25) is 0 Å². The fourth-order valence-corrected chi connectivity index (χ4v) is 3.50. The van der Waals surface area contributed by atoms with E-state index in [1.54, 1.807) is 13.1 Å². The van der Waals surface area contributed by atoms with Crippen LogP contribution in [0.25, 0.3) is 0 Å². The van der Waals surface area contributed by atoms with Gasteiger partial charge in [-0.1, -0.05) is 19.3 Å². The van der Waals surface area contributed by atoms with Crippen molar-refractivity contribution in [2.24, 2.45) is 0 Å². The van der Waals surface area contributed by atoms with Crippen molar-refractivity contribution in [2.75, 3.05) is 13.1 Å². The molecule has 0 spiro atoms. The Morgan fingerprint density at radius 3 is 2.77 bits per heavy atom. The average molecular weight is 306 g/mol. The smallest absolute Gasteiger partial charge is 0.315 e. The van der Waals surface area contributed by atoms with Gasteiger partial charge in [0.25, 0.3) is 0 Å². The van der Waals surface area contributed by atoms with E-state index in [-0.39, 0.29) is 6.03 Å². The number of carbonyl (C=O) groups is 1. The molecule has 1 aliphatic heterocycles. The number of rotatable bonds is 5. The highest BCUT2D eigenvalue weighted by Gasteiger charge is 2.34. The first-order valence-electron chi connectivity index (χ1n) is 8.41. The summed E-state index contributed by atoms with van der Waals surface area (Å²) in [6, 6.07) is 1.13. The maximum absolute atomic E-state index is 11.8. The van der Waals surface area contributed by atoms with Gasteiger partial charge in [-0.3, -0.25) is 4.90 Å². The number of aryl methyl sites for hydroxylation is 1. The number of oxazole rings is 1. The van der Waals surface area contributed by atoms with Crippen molar-refractivity contribution in [1.29, 1.82) is 0 Å². The van der Waals surface area contributed by atoms with Gasteiger partial charge < -0.3 is 15.1 Å². The lowest BCUT2D eigenvalue weighted by atomic mass is 9.89. The van der Waals surface area contributed by atoms with Crippen molar-refractivity contribution in [3.63, 3.8) is 0 Å². The van der Waals surface area contributed by atoms with E-state index < -0.39 is 0 Å². The molecule has 0 aromatic carbocycles. The van der Waals surface area contributed by atoms with Gasteiger partial charge in [0, 0.05) is 32.1 Å². The molecule has 2 amide bonds. The van der Waals surface area contributed by atoms with Crippen LogP contribution >= 0.6 is 0 Å². The Morgan fingerprint density at radius 1 is 1.32 bits per heavy atom.